The molecule has 0 saturated carbocycles. The van der Waals surface area contributed by atoms with Crippen LogP contribution in [0, 0.1) is 5.92 Å². The lowest BCUT2D eigenvalue weighted by Gasteiger charge is -2.39. The number of aromatic nitrogens is 3. The maximum atomic E-state index is 5.56. The van der Waals surface area contributed by atoms with Crippen molar-refractivity contribution in [3.8, 4) is 0 Å². The van der Waals surface area contributed by atoms with Crippen molar-refractivity contribution in [1.82, 2.24) is 30.3 Å². The quantitative estimate of drug-likeness (QED) is 0.490. The summed E-state index contributed by atoms with van der Waals surface area (Å²) in [7, 11) is 0. The molecule has 3 heterocycles. The Hall–Kier alpha value is -1.67. The van der Waals surface area contributed by atoms with Gasteiger partial charge in [-0.1, -0.05) is 26.7 Å². The molecule has 1 unspecified atom stereocenters. The van der Waals surface area contributed by atoms with Crippen LogP contribution in [0.5, 0.6) is 0 Å². The summed E-state index contributed by atoms with van der Waals surface area (Å²) in [4.78, 5) is 7.38. The van der Waals surface area contributed by atoms with Crippen LogP contribution in [0.4, 0.5) is 0 Å². The highest BCUT2D eigenvalue weighted by atomic mass is 16.5. The second-order valence-corrected chi connectivity index (χ2v) is 7.66. The predicted molar refractivity (Wildman–Crippen MR) is 111 cm³/mol. The lowest BCUT2D eigenvalue weighted by Crippen LogP contribution is -2.53. The van der Waals surface area contributed by atoms with Gasteiger partial charge in [0.15, 0.2) is 11.8 Å². The van der Waals surface area contributed by atoms with Gasteiger partial charge in [0.25, 0.3) is 0 Å². The van der Waals surface area contributed by atoms with Crippen LogP contribution in [-0.4, -0.2) is 71.1 Å². The third kappa shape index (κ3) is 5.23. The number of nitrogens with one attached hydrogen (secondary N) is 2. The maximum Gasteiger partial charge on any atom is 0.191 e. The van der Waals surface area contributed by atoms with Crippen molar-refractivity contribution in [2.45, 2.75) is 65.6 Å². The molecule has 2 N–H and O–H groups in total. The second-order valence-electron chi connectivity index (χ2n) is 7.66. The number of rotatable bonds is 9. The molecule has 28 heavy (non-hydrogen) atoms. The Balaban J connectivity index is 1.63. The van der Waals surface area contributed by atoms with Gasteiger partial charge in [-0.25, -0.2) is 4.99 Å². The van der Waals surface area contributed by atoms with Crippen molar-refractivity contribution in [1.29, 1.82) is 0 Å². The van der Waals surface area contributed by atoms with E-state index in [0.29, 0.717) is 18.5 Å². The average molecular weight is 392 g/mol. The van der Waals surface area contributed by atoms with E-state index in [9.17, 15) is 0 Å². The summed E-state index contributed by atoms with van der Waals surface area (Å²) in [6.45, 7) is 13.7. The second kappa shape index (κ2) is 10.8. The van der Waals surface area contributed by atoms with Crippen molar-refractivity contribution < 1.29 is 4.74 Å². The molecule has 1 saturated heterocycles. The van der Waals surface area contributed by atoms with Gasteiger partial charge in [0.2, 0.25) is 0 Å². The van der Waals surface area contributed by atoms with E-state index in [0.717, 1.165) is 76.4 Å². The Bertz CT molecular complexity index is 620. The van der Waals surface area contributed by atoms with Gasteiger partial charge in [-0.05, 0) is 19.3 Å². The Morgan fingerprint density at radius 2 is 1.89 bits per heavy atom. The van der Waals surface area contributed by atoms with Gasteiger partial charge in [-0.15, -0.1) is 10.2 Å². The van der Waals surface area contributed by atoms with Gasteiger partial charge in [-0.2, -0.15) is 0 Å². The van der Waals surface area contributed by atoms with Crippen molar-refractivity contribution >= 4 is 5.96 Å². The molecule has 1 atom stereocenters. The summed E-state index contributed by atoms with van der Waals surface area (Å²) in [6, 6.07) is 0.500. The van der Waals surface area contributed by atoms with E-state index in [-0.39, 0.29) is 0 Å². The third-order valence-corrected chi connectivity index (χ3v) is 6.00. The summed E-state index contributed by atoms with van der Waals surface area (Å²) in [6.07, 6.45) is 4.59. The van der Waals surface area contributed by atoms with Crippen LogP contribution >= 0.6 is 0 Å². The topological polar surface area (TPSA) is 79.6 Å². The van der Waals surface area contributed by atoms with Gasteiger partial charge < -0.3 is 19.9 Å². The number of hydrogen-bond acceptors (Lipinski definition) is 5. The first-order chi connectivity index (χ1) is 13.8. The van der Waals surface area contributed by atoms with E-state index in [1.165, 1.54) is 12.8 Å². The molecule has 1 fully saturated rings. The minimum absolute atomic E-state index is 0.500. The number of aliphatic imine (C=N–C) groups is 1. The standard InChI is InChI=1S/C20H37N7O/c1-4-16(5-2)17(26-10-12-28-13-11-26)14-22-20(21-6-3)23-15-19-25-24-18-8-7-9-27(18)19/h16-17H,4-15H2,1-3H3,(H2,21,22,23). The van der Waals surface area contributed by atoms with Crippen LogP contribution in [0.15, 0.2) is 4.99 Å². The zero-order valence-electron chi connectivity index (χ0n) is 17.8. The maximum absolute atomic E-state index is 5.56. The molecule has 8 nitrogen and oxygen atoms in total. The molecule has 1 aromatic rings. The number of nitrogens with zero attached hydrogens (tertiary/aromatic N) is 5. The Morgan fingerprint density at radius 1 is 1.11 bits per heavy atom. The molecule has 8 heteroatoms. The van der Waals surface area contributed by atoms with Gasteiger partial charge >= 0.3 is 0 Å². The highest BCUT2D eigenvalue weighted by molar-refractivity contribution is 5.79. The lowest BCUT2D eigenvalue weighted by atomic mass is 9.92. The molecule has 0 radical (unpaired) electrons. The smallest absolute Gasteiger partial charge is 0.191 e. The molecule has 3 rings (SSSR count). The van der Waals surface area contributed by atoms with Crippen molar-refractivity contribution in [3.63, 3.8) is 0 Å². The van der Waals surface area contributed by atoms with Gasteiger partial charge in [0.05, 0.1) is 13.2 Å². The first-order valence-corrected chi connectivity index (χ1v) is 11.0. The zero-order valence-corrected chi connectivity index (χ0v) is 17.8. The van der Waals surface area contributed by atoms with Crippen LogP contribution in [-0.2, 0) is 24.2 Å². The first-order valence-electron chi connectivity index (χ1n) is 11.0. The largest absolute Gasteiger partial charge is 0.379 e. The minimum Gasteiger partial charge on any atom is -0.379 e. The number of fused-ring (bicyclic) bond motifs is 1. The van der Waals surface area contributed by atoms with E-state index in [4.69, 9.17) is 9.73 Å². The Labute approximate surface area is 169 Å². The van der Waals surface area contributed by atoms with Crippen LogP contribution < -0.4 is 10.6 Å². The van der Waals surface area contributed by atoms with Crippen molar-refractivity contribution in [2.75, 3.05) is 39.4 Å². The summed E-state index contributed by atoms with van der Waals surface area (Å²) >= 11 is 0. The normalized spacial score (nSPS) is 19.1. The third-order valence-electron chi connectivity index (χ3n) is 6.00. The summed E-state index contributed by atoms with van der Waals surface area (Å²) < 4.78 is 7.78. The average Bonchev–Trinajstić information content (AvgIpc) is 3.34. The molecule has 1 aromatic heterocycles. The van der Waals surface area contributed by atoms with E-state index in [1.807, 2.05) is 0 Å². The molecule has 158 valence electrons. The molecular formula is C20H37N7O. The Morgan fingerprint density at radius 3 is 2.61 bits per heavy atom. The van der Waals surface area contributed by atoms with Crippen LogP contribution in [0.2, 0.25) is 0 Å². The number of hydrogen-bond donors (Lipinski definition) is 2. The highest BCUT2D eigenvalue weighted by Crippen LogP contribution is 2.19. The van der Waals surface area contributed by atoms with E-state index < -0.39 is 0 Å². The molecule has 0 aliphatic carbocycles. The predicted octanol–water partition coefficient (Wildman–Crippen LogP) is 1.42. The van der Waals surface area contributed by atoms with E-state index in [2.05, 4.69) is 51.1 Å². The SMILES string of the molecule is CCNC(=NCc1nnc2n1CCC2)NCC(C(CC)CC)N1CCOCC1. The number of guanidine groups is 1. The number of aryl methyl sites for hydroxylation is 1. The fourth-order valence-corrected chi connectivity index (χ4v) is 4.36. The number of ether oxygens (including phenoxy) is 1. The molecule has 0 aromatic carbocycles. The lowest BCUT2D eigenvalue weighted by molar-refractivity contribution is 0.00272. The molecule has 0 spiro atoms. The molecule has 0 amide bonds. The summed E-state index contributed by atoms with van der Waals surface area (Å²) in [5, 5.41) is 15.6. The van der Waals surface area contributed by atoms with Crippen molar-refractivity contribution in [2.24, 2.45) is 10.9 Å². The molecule has 2 aliphatic rings. The zero-order chi connectivity index (χ0) is 19.8. The molecular weight excluding hydrogens is 354 g/mol. The van der Waals surface area contributed by atoms with Crippen LogP contribution in [0.1, 0.15) is 51.7 Å². The van der Waals surface area contributed by atoms with Gasteiger partial charge in [-0.3, -0.25) is 4.90 Å². The number of morpholine rings is 1. The van der Waals surface area contributed by atoms with Crippen molar-refractivity contribution in [3.05, 3.63) is 11.6 Å². The van der Waals surface area contributed by atoms with Crippen LogP contribution in [0.3, 0.4) is 0 Å². The van der Waals surface area contributed by atoms with E-state index >= 15 is 0 Å². The monoisotopic (exact) mass is 391 g/mol. The molecule has 2 aliphatic heterocycles. The first kappa shape index (κ1) is 21.0. The summed E-state index contributed by atoms with van der Waals surface area (Å²) in [5.74, 6) is 3.61. The van der Waals surface area contributed by atoms with Gasteiger partial charge in [0.1, 0.15) is 12.4 Å². The Kier molecular flexibility index (Phi) is 8.09. The van der Waals surface area contributed by atoms with Crippen LogP contribution in [0.25, 0.3) is 0 Å². The minimum atomic E-state index is 0.500. The summed E-state index contributed by atoms with van der Waals surface area (Å²) in [5.41, 5.74) is 0. The van der Waals surface area contributed by atoms with Gasteiger partial charge in [0, 0.05) is 45.2 Å². The molecule has 0 bridgehead atoms. The highest BCUT2D eigenvalue weighted by Gasteiger charge is 2.27. The fourth-order valence-electron chi connectivity index (χ4n) is 4.36. The fraction of sp³-hybridized carbons (Fsp3) is 0.850. The van der Waals surface area contributed by atoms with E-state index in [1.54, 1.807) is 0 Å².